The largest absolute Gasteiger partial charge is 0.309 e. The van der Waals surface area contributed by atoms with Crippen LogP contribution >= 0.6 is 12.4 Å². The zero-order chi connectivity index (χ0) is 18.4. The van der Waals surface area contributed by atoms with Gasteiger partial charge in [0.2, 0.25) is 0 Å². The third-order valence-corrected chi connectivity index (χ3v) is 4.08. The van der Waals surface area contributed by atoms with Crippen LogP contribution in [0.15, 0.2) is 54.6 Å². The van der Waals surface area contributed by atoms with E-state index in [4.69, 9.17) is 5.21 Å². The molecule has 1 aromatic carbocycles. The molecular weight excluding hydrogens is 366 g/mol. The monoisotopic (exact) mass is 385 g/mol. The first kappa shape index (κ1) is 20.4. The summed E-state index contributed by atoms with van der Waals surface area (Å²) in [5, 5.41) is 8.48. The van der Waals surface area contributed by atoms with Crippen molar-refractivity contribution in [3.8, 4) is 0 Å². The number of rotatable bonds is 4. The van der Waals surface area contributed by atoms with Crippen LogP contribution in [0.2, 0.25) is 0 Å². The van der Waals surface area contributed by atoms with E-state index in [-0.39, 0.29) is 18.3 Å². The molecule has 27 heavy (non-hydrogen) atoms. The molecule has 0 radical (unpaired) electrons. The van der Waals surface area contributed by atoms with E-state index in [1.54, 1.807) is 29.2 Å². The fraction of sp³-hybridized carbons (Fsp3) is 0.150. The molecule has 0 bridgehead atoms. The Labute approximate surface area is 163 Å². The minimum atomic E-state index is -0.633. The Morgan fingerprint density at radius 2 is 1.74 bits per heavy atom. The van der Waals surface area contributed by atoms with Gasteiger partial charge in [-0.3, -0.25) is 14.8 Å². The number of carbonyl (C=O) groups is 2. The Bertz CT molecular complexity index is 880. The number of nitrogens with one attached hydrogen (secondary N) is 1. The van der Waals surface area contributed by atoms with Gasteiger partial charge in [-0.2, -0.15) is 0 Å². The topological polar surface area (TPSA) is 82.5 Å². The Morgan fingerprint density at radius 1 is 1.04 bits per heavy atom. The fourth-order valence-corrected chi connectivity index (χ4v) is 2.86. The van der Waals surface area contributed by atoms with Crippen molar-refractivity contribution in [2.45, 2.75) is 12.8 Å². The number of hydrogen-bond donors (Lipinski definition) is 2. The predicted octanol–water partition coefficient (Wildman–Crippen LogP) is 3.01. The smallest absolute Gasteiger partial charge is 0.267 e. The highest BCUT2D eigenvalue weighted by Gasteiger charge is 2.20. The lowest BCUT2D eigenvalue weighted by Gasteiger charge is -2.28. The lowest BCUT2D eigenvalue weighted by Crippen LogP contribution is -2.34. The number of nitrogens with zero attached hydrogens (tertiary/aromatic N) is 2. The molecule has 2 aromatic rings. The van der Waals surface area contributed by atoms with Crippen molar-refractivity contribution in [2.24, 2.45) is 0 Å². The van der Waals surface area contributed by atoms with Crippen LogP contribution in [0, 0.1) is 0 Å². The number of aromatic nitrogens is 1. The molecule has 0 saturated carbocycles. The van der Waals surface area contributed by atoms with Crippen molar-refractivity contribution in [1.29, 1.82) is 0 Å². The van der Waals surface area contributed by atoms with E-state index in [9.17, 15) is 9.59 Å². The quantitative estimate of drug-likeness (QED) is 0.481. The number of benzene rings is 1. The summed E-state index contributed by atoms with van der Waals surface area (Å²) in [6.45, 7) is 0.701. The van der Waals surface area contributed by atoms with Crippen molar-refractivity contribution in [1.82, 2.24) is 10.5 Å². The van der Waals surface area contributed by atoms with Crippen molar-refractivity contribution in [3.63, 3.8) is 0 Å². The molecular formula is C20H20ClN3O3. The SMILES string of the molecule is Cl.O=C(/C=C/c1cccc(/C=C/C(=O)N2CCCc3ccccc32)n1)NO. The van der Waals surface area contributed by atoms with E-state index >= 15 is 0 Å². The maximum absolute atomic E-state index is 12.6. The molecule has 0 saturated heterocycles. The molecule has 0 aliphatic carbocycles. The molecule has 1 aromatic heterocycles. The van der Waals surface area contributed by atoms with Crippen molar-refractivity contribution in [3.05, 3.63) is 71.6 Å². The van der Waals surface area contributed by atoms with Gasteiger partial charge in [0.15, 0.2) is 0 Å². The second-order valence-electron chi connectivity index (χ2n) is 5.85. The van der Waals surface area contributed by atoms with Crippen LogP contribution in [-0.4, -0.2) is 28.6 Å². The maximum atomic E-state index is 12.6. The van der Waals surface area contributed by atoms with Gasteiger partial charge in [0.25, 0.3) is 11.8 Å². The Kier molecular flexibility index (Phi) is 7.28. The molecule has 0 atom stereocenters. The number of halogens is 1. The molecule has 1 aliphatic heterocycles. The molecule has 0 fully saturated rings. The van der Waals surface area contributed by atoms with Crippen molar-refractivity contribution >= 4 is 42.1 Å². The van der Waals surface area contributed by atoms with Gasteiger partial charge in [-0.05, 0) is 48.8 Å². The predicted molar refractivity (Wildman–Crippen MR) is 107 cm³/mol. The Morgan fingerprint density at radius 3 is 2.48 bits per heavy atom. The van der Waals surface area contributed by atoms with E-state index in [0.717, 1.165) is 18.5 Å². The molecule has 2 amide bonds. The van der Waals surface area contributed by atoms with Crippen molar-refractivity contribution in [2.75, 3.05) is 11.4 Å². The van der Waals surface area contributed by atoms with Gasteiger partial charge in [-0.1, -0.05) is 24.3 Å². The summed E-state index contributed by atoms with van der Waals surface area (Å²) < 4.78 is 0. The number of amides is 2. The molecule has 2 N–H and O–H groups in total. The number of hydroxylamine groups is 1. The Balaban J connectivity index is 0.00000261. The third kappa shape index (κ3) is 5.26. The van der Waals surface area contributed by atoms with Crippen LogP contribution in [0.1, 0.15) is 23.4 Å². The summed E-state index contributed by atoms with van der Waals surface area (Å²) >= 11 is 0. The van der Waals surface area contributed by atoms with Gasteiger partial charge in [0.1, 0.15) is 0 Å². The lowest BCUT2D eigenvalue weighted by molar-refractivity contribution is -0.124. The second-order valence-corrected chi connectivity index (χ2v) is 5.85. The molecule has 3 rings (SSSR count). The van der Waals surface area contributed by atoms with E-state index in [1.165, 1.54) is 29.3 Å². The van der Waals surface area contributed by atoms with Crippen LogP contribution in [0.5, 0.6) is 0 Å². The third-order valence-electron chi connectivity index (χ3n) is 4.08. The van der Waals surface area contributed by atoms with Gasteiger partial charge in [-0.25, -0.2) is 10.5 Å². The number of carbonyl (C=O) groups excluding carboxylic acids is 2. The number of fused-ring (bicyclic) bond motifs is 1. The summed E-state index contributed by atoms with van der Waals surface area (Å²) in [5.74, 6) is -0.716. The van der Waals surface area contributed by atoms with Crippen LogP contribution in [0.3, 0.4) is 0 Å². The van der Waals surface area contributed by atoms with Gasteiger partial charge >= 0.3 is 0 Å². The molecule has 1 aliphatic rings. The van der Waals surface area contributed by atoms with Crippen LogP contribution < -0.4 is 10.4 Å². The minimum Gasteiger partial charge on any atom is -0.309 e. The highest BCUT2D eigenvalue weighted by Crippen LogP contribution is 2.26. The average molecular weight is 386 g/mol. The zero-order valence-electron chi connectivity index (χ0n) is 14.5. The van der Waals surface area contributed by atoms with Gasteiger partial charge in [0.05, 0.1) is 11.4 Å². The van der Waals surface area contributed by atoms with Gasteiger partial charge in [-0.15, -0.1) is 12.4 Å². The van der Waals surface area contributed by atoms with E-state index in [0.29, 0.717) is 17.9 Å². The summed E-state index contributed by atoms with van der Waals surface area (Å²) in [4.78, 5) is 29.7. The second kappa shape index (κ2) is 9.66. The number of anilines is 1. The van der Waals surface area contributed by atoms with Gasteiger partial charge in [0, 0.05) is 24.4 Å². The van der Waals surface area contributed by atoms with E-state index < -0.39 is 5.91 Å². The van der Waals surface area contributed by atoms with Crippen LogP contribution in [0.4, 0.5) is 5.69 Å². The molecule has 2 heterocycles. The Hall–Kier alpha value is -2.96. The standard InChI is InChI=1S/C20H19N3O3.ClH/c24-19(22-26)12-10-16-7-3-8-17(21-16)11-13-20(25)23-14-4-6-15-5-1-2-9-18(15)23;/h1-3,5,7-13,26H,4,6,14H2,(H,22,24);1H/b12-10+,13-11+;. The summed E-state index contributed by atoms with van der Waals surface area (Å²) in [7, 11) is 0. The first-order valence-electron chi connectivity index (χ1n) is 8.34. The zero-order valence-corrected chi connectivity index (χ0v) is 15.4. The number of aryl methyl sites for hydroxylation is 1. The molecule has 0 spiro atoms. The highest BCUT2D eigenvalue weighted by atomic mass is 35.5. The first-order chi connectivity index (χ1) is 12.7. The van der Waals surface area contributed by atoms with E-state index in [1.807, 2.05) is 18.2 Å². The summed E-state index contributed by atoms with van der Waals surface area (Å²) in [6, 6.07) is 13.2. The minimum absolute atomic E-state index is 0. The van der Waals surface area contributed by atoms with Crippen LogP contribution in [0.25, 0.3) is 12.2 Å². The van der Waals surface area contributed by atoms with Crippen molar-refractivity contribution < 1.29 is 14.8 Å². The first-order valence-corrected chi connectivity index (χ1v) is 8.34. The summed E-state index contributed by atoms with van der Waals surface area (Å²) in [6.07, 6.45) is 7.75. The normalized spacial score (nSPS) is 13.3. The fourth-order valence-electron chi connectivity index (χ4n) is 2.86. The molecule has 7 heteroatoms. The lowest BCUT2D eigenvalue weighted by atomic mass is 10.0. The molecule has 140 valence electrons. The molecule has 0 unspecified atom stereocenters. The molecule has 6 nitrogen and oxygen atoms in total. The van der Waals surface area contributed by atoms with Crippen LogP contribution in [-0.2, 0) is 16.0 Å². The number of pyridine rings is 1. The van der Waals surface area contributed by atoms with E-state index in [2.05, 4.69) is 11.1 Å². The number of para-hydroxylation sites is 1. The average Bonchev–Trinajstić information content (AvgIpc) is 2.70. The van der Waals surface area contributed by atoms with Gasteiger partial charge < -0.3 is 4.90 Å². The maximum Gasteiger partial charge on any atom is 0.267 e. The number of hydrogen-bond acceptors (Lipinski definition) is 4. The summed E-state index contributed by atoms with van der Waals surface area (Å²) in [5.41, 5.74) is 4.82. The highest BCUT2D eigenvalue weighted by molar-refractivity contribution is 6.04.